The van der Waals surface area contributed by atoms with Gasteiger partial charge in [-0.2, -0.15) is 0 Å². The minimum Gasteiger partial charge on any atom is -0.396 e. The fourth-order valence-corrected chi connectivity index (χ4v) is 2.59. The van der Waals surface area contributed by atoms with Crippen molar-refractivity contribution >= 4 is 5.91 Å². The highest BCUT2D eigenvalue weighted by molar-refractivity contribution is 5.76. The van der Waals surface area contributed by atoms with Gasteiger partial charge < -0.3 is 20.4 Å². The van der Waals surface area contributed by atoms with Gasteiger partial charge in [-0.15, -0.1) is 0 Å². The fourth-order valence-electron chi connectivity index (χ4n) is 2.59. The normalized spacial score (nSPS) is 24.3. The van der Waals surface area contributed by atoms with Crippen molar-refractivity contribution in [2.24, 2.45) is 5.92 Å². The largest absolute Gasteiger partial charge is 0.396 e. The first-order valence-corrected chi connectivity index (χ1v) is 6.94. The molecule has 1 aliphatic rings. The zero-order chi connectivity index (χ0) is 13.4. The molecule has 18 heavy (non-hydrogen) atoms. The van der Waals surface area contributed by atoms with Crippen molar-refractivity contribution in [1.29, 1.82) is 0 Å². The topological polar surface area (TPSA) is 72.8 Å². The van der Waals surface area contributed by atoms with E-state index in [4.69, 9.17) is 10.2 Å². The Balaban J connectivity index is 2.52. The molecule has 1 rings (SSSR count). The molecule has 2 atom stereocenters. The Labute approximate surface area is 109 Å². The van der Waals surface area contributed by atoms with Crippen molar-refractivity contribution in [3.63, 3.8) is 0 Å². The molecular formula is C13H26N2O3. The van der Waals surface area contributed by atoms with Crippen LogP contribution in [0.2, 0.25) is 0 Å². The van der Waals surface area contributed by atoms with Crippen molar-refractivity contribution in [3.8, 4) is 0 Å². The van der Waals surface area contributed by atoms with Crippen LogP contribution >= 0.6 is 0 Å². The van der Waals surface area contributed by atoms with Crippen LogP contribution in [0.25, 0.3) is 0 Å². The van der Waals surface area contributed by atoms with Gasteiger partial charge in [0.05, 0.1) is 6.61 Å². The number of hydrogen-bond acceptors (Lipinski definition) is 4. The Bertz CT molecular complexity index is 248. The summed E-state index contributed by atoms with van der Waals surface area (Å²) in [5.74, 6) is 0.566. The lowest BCUT2D eigenvalue weighted by atomic mass is 9.91. The summed E-state index contributed by atoms with van der Waals surface area (Å²) in [5.41, 5.74) is 0. The van der Waals surface area contributed by atoms with Crippen LogP contribution in [0.5, 0.6) is 0 Å². The Kier molecular flexibility index (Phi) is 7.23. The molecule has 5 heteroatoms. The van der Waals surface area contributed by atoms with Crippen molar-refractivity contribution in [3.05, 3.63) is 0 Å². The summed E-state index contributed by atoms with van der Waals surface area (Å²) in [6.45, 7) is 4.34. The highest BCUT2D eigenvalue weighted by Crippen LogP contribution is 2.20. The highest BCUT2D eigenvalue weighted by Gasteiger charge is 2.28. The van der Waals surface area contributed by atoms with Crippen LogP contribution in [0.3, 0.4) is 0 Å². The molecule has 1 saturated heterocycles. The van der Waals surface area contributed by atoms with E-state index in [9.17, 15) is 4.79 Å². The van der Waals surface area contributed by atoms with E-state index in [1.54, 1.807) is 0 Å². The lowest BCUT2D eigenvalue weighted by Crippen LogP contribution is -2.51. The smallest absolute Gasteiger partial charge is 0.222 e. The Morgan fingerprint density at radius 3 is 2.72 bits per heavy atom. The third kappa shape index (κ3) is 4.92. The van der Waals surface area contributed by atoms with Crippen molar-refractivity contribution in [2.75, 3.05) is 32.8 Å². The predicted molar refractivity (Wildman–Crippen MR) is 70.2 cm³/mol. The van der Waals surface area contributed by atoms with E-state index >= 15 is 0 Å². The number of aliphatic hydroxyl groups is 2. The Hall–Kier alpha value is -0.650. The molecule has 2 unspecified atom stereocenters. The van der Waals surface area contributed by atoms with Crippen LogP contribution in [0.1, 0.15) is 32.6 Å². The van der Waals surface area contributed by atoms with E-state index in [2.05, 4.69) is 5.32 Å². The van der Waals surface area contributed by atoms with Crippen molar-refractivity contribution in [1.82, 2.24) is 10.2 Å². The molecule has 3 N–H and O–H groups in total. The minimum absolute atomic E-state index is 0.115. The summed E-state index contributed by atoms with van der Waals surface area (Å²) in [4.78, 5) is 13.9. The third-order valence-electron chi connectivity index (χ3n) is 3.44. The molecule has 1 heterocycles. The predicted octanol–water partition coefficient (Wildman–Crippen LogP) is -0.0321. The second-order valence-corrected chi connectivity index (χ2v) is 5.04. The number of hydrogen-bond donors (Lipinski definition) is 3. The highest BCUT2D eigenvalue weighted by atomic mass is 16.3. The Morgan fingerprint density at radius 1 is 1.33 bits per heavy atom. The minimum atomic E-state index is 0.115. The summed E-state index contributed by atoms with van der Waals surface area (Å²) in [5, 5.41) is 21.1. The number of carbonyl (C=O) groups excluding carboxylic acids is 1. The average molecular weight is 258 g/mol. The van der Waals surface area contributed by atoms with E-state index in [0.29, 0.717) is 18.9 Å². The summed E-state index contributed by atoms with van der Waals surface area (Å²) in [6.07, 6.45) is 3.18. The zero-order valence-electron chi connectivity index (χ0n) is 11.3. The molecule has 5 nitrogen and oxygen atoms in total. The number of piperidine rings is 1. The Morgan fingerprint density at radius 2 is 2.11 bits per heavy atom. The van der Waals surface area contributed by atoms with Crippen LogP contribution in [-0.2, 0) is 4.79 Å². The third-order valence-corrected chi connectivity index (χ3v) is 3.44. The second kappa shape index (κ2) is 8.45. The molecule has 0 aromatic rings. The SMILES string of the molecule is CCCC(=O)N1CC(CCO)CC(NCCO)C1. The number of likely N-dealkylation sites (tertiary alicyclic amines) is 1. The van der Waals surface area contributed by atoms with Crippen LogP contribution in [0.4, 0.5) is 0 Å². The molecule has 0 saturated carbocycles. The lowest BCUT2D eigenvalue weighted by molar-refractivity contribution is -0.133. The van der Waals surface area contributed by atoms with E-state index in [0.717, 1.165) is 32.4 Å². The number of rotatable bonds is 7. The van der Waals surface area contributed by atoms with E-state index in [1.807, 2.05) is 11.8 Å². The molecular weight excluding hydrogens is 232 g/mol. The molecule has 0 radical (unpaired) electrons. The quantitative estimate of drug-likeness (QED) is 0.599. The average Bonchev–Trinajstić information content (AvgIpc) is 2.37. The van der Waals surface area contributed by atoms with Gasteiger partial charge in [0.1, 0.15) is 0 Å². The summed E-state index contributed by atoms with van der Waals surface area (Å²) >= 11 is 0. The van der Waals surface area contributed by atoms with Gasteiger partial charge >= 0.3 is 0 Å². The first kappa shape index (κ1) is 15.4. The zero-order valence-corrected chi connectivity index (χ0v) is 11.3. The van der Waals surface area contributed by atoms with Gasteiger partial charge in [-0.25, -0.2) is 0 Å². The number of nitrogens with one attached hydrogen (secondary N) is 1. The monoisotopic (exact) mass is 258 g/mol. The summed E-state index contributed by atoms with van der Waals surface area (Å²) in [7, 11) is 0. The number of amides is 1. The van der Waals surface area contributed by atoms with Gasteiger partial charge in [0.15, 0.2) is 0 Å². The first-order chi connectivity index (χ1) is 8.71. The van der Waals surface area contributed by atoms with Crippen LogP contribution in [0.15, 0.2) is 0 Å². The van der Waals surface area contributed by atoms with Crippen molar-refractivity contribution in [2.45, 2.75) is 38.6 Å². The molecule has 0 aliphatic carbocycles. The molecule has 0 aromatic carbocycles. The number of nitrogens with zero attached hydrogens (tertiary/aromatic N) is 1. The van der Waals surface area contributed by atoms with Gasteiger partial charge in [-0.1, -0.05) is 6.92 Å². The van der Waals surface area contributed by atoms with E-state index < -0.39 is 0 Å². The second-order valence-electron chi connectivity index (χ2n) is 5.04. The molecule has 1 amide bonds. The lowest BCUT2D eigenvalue weighted by Gasteiger charge is -2.38. The summed E-state index contributed by atoms with van der Waals surface area (Å²) in [6, 6.07) is 0.239. The van der Waals surface area contributed by atoms with Crippen molar-refractivity contribution < 1.29 is 15.0 Å². The van der Waals surface area contributed by atoms with E-state index in [-0.39, 0.29) is 25.2 Å². The maximum absolute atomic E-state index is 12.0. The molecule has 0 spiro atoms. The number of carbonyl (C=O) groups is 1. The van der Waals surface area contributed by atoms with Crippen LogP contribution < -0.4 is 5.32 Å². The van der Waals surface area contributed by atoms with E-state index in [1.165, 1.54) is 0 Å². The maximum Gasteiger partial charge on any atom is 0.222 e. The molecule has 1 fully saturated rings. The molecule has 1 aliphatic heterocycles. The fraction of sp³-hybridized carbons (Fsp3) is 0.923. The molecule has 0 bridgehead atoms. The standard InChI is InChI=1S/C13H26N2O3/c1-2-3-13(18)15-9-11(4-6-16)8-12(10-15)14-5-7-17/h11-12,14,16-17H,2-10H2,1H3. The van der Waals surface area contributed by atoms with Gasteiger partial charge in [-0.05, 0) is 25.2 Å². The number of aliphatic hydroxyl groups excluding tert-OH is 2. The summed E-state index contributed by atoms with van der Waals surface area (Å²) < 4.78 is 0. The van der Waals surface area contributed by atoms with Gasteiger partial charge in [-0.3, -0.25) is 4.79 Å². The van der Waals surface area contributed by atoms with Gasteiger partial charge in [0.25, 0.3) is 0 Å². The first-order valence-electron chi connectivity index (χ1n) is 6.94. The van der Waals surface area contributed by atoms with Crippen LogP contribution in [-0.4, -0.2) is 59.9 Å². The maximum atomic E-state index is 12.0. The van der Waals surface area contributed by atoms with Gasteiger partial charge in [0.2, 0.25) is 5.91 Å². The van der Waals surface area contributed by atoms with Gasteiger partial charge in [0, 0.05) is 38.7 Å². The van der Waals surface area contributed by atoms with Crippen LogP contribution in [0, 0.1) is 5.92 Å². The molecule has 106 valence electrons. The molecule has 0 aromatic heterocycles.